The first-order chi connectivity index (χ1) is 9.40. The maximum Gasteiger partial charge on any atom is 0.410 e. The Labute approximate surface area is 129 Å². The van der Waals surface area contributed by atoms with E-state index in [1.807, 2.05) is 46.4 Å². The molecule has 0 saturated carbocycles. The lowest BCUT2D eigenvalue weighted by atomic mass is 9.81. The van der Waals surface area contributed by atoms with Crippen LogP contribution in [-0.2, 0) is 4.74 Å². The number of piperidine rings is 1. The number of carbonyl (C=O) groups is 1. The van der Waals surface area contributed by atoms with Crippen molar-refractivity contribution >= 4 is 6.09 Å². The third-order valence-corrected chi connectivity index (χ3v) is 4.10. The molecule has 3 unspecified atom stereocenters. The molecular formula is C17H33NO3. The number of nitrogens with zero attached hydrogens (tertiary/aromatic N) is 1. The summed E-state index contributed by atoms with van der Waals surface area (Å²) in [5.41, 5.74) is -0.645. The van der Waals surface area contributed by atoms with Crippen LogP contribution in [0.2, 0.25) is 0 Å². The predicted octanol–water partition coefficient (Wildman–Crippen LogP) is 3.82. The number of likely N-dealkylation sites (tertiary alicyclic amines) is 1. The van der Waals surface area contributed by atoms with Crippen LogP contribution in [0.15, 0.2) is 0 Å². The fourth-order valence-electron chi connectivity index (χ4n) is 2.65. The number of carbonyl (C=O) groups excluding carboxylic acids is 1. The summed E-state index contributed by atoms with van der Waals surface area (Å²) in [7, 11) is 0. The van der Waals surface area contributed by atoms with Crippen LogP contribution in [0.3, 0.4) is 0 Å². The third kappa shape index (κ3) is 5.85. The van der Waals surface area contributed by atoms with Gasteiger partial charge in [0.25, 0.3) is 0 Å². The summed E-state index contributed by atoms with van der Waals surface area (Å²) in [5.74, 6) is 0.584. The maximum absolute atomic E-state index is 12.4. The molecule has 0 aromatic carbocycles. The lowest BCUT2D eigenvalue weighted by Crippen LogP contribution is -2.49. The van der Waals surface area contributed by atoms with E-state index in [0.29, 0.717) is 12.3 Å². The lowest BCUT2D eigenvalue weighted by molar-refractivity contribution is -0.0158. The first kappa shape index (κ1) is 18.3. The van der Waals surface area contributed by atoms with E-state index in [4.69, 9.17) is 4.74 Å². The van der Waals surface area contributed by atoms with Crippen molar-refractivity contribution in [1.82, 2.24) is 4.90 Å². The van der Waals surface area contributed by atoms with E-state index >= 15 is 0 Å². The average molecular weight is 299 g/mol. The highest BCUT2D eigenvalue weighted by atomic mass is 16.6. The molecular weight excluding hydrogens is 266 g/mol. The summed E-state index contributed by atoms with van der Waals surface area (Å²) in [6.07, 6.45) is 1.89. The minimum Gasteiger partial charge on any atom is -0.444 e. The van der Waals surface area contributed by atoms with Crippen molar-refractivity contribution in [2.75, 3.05) is 6.54 Å². The Morgan fingerprint density at radius 3 is 2.33 bits per heavy atom. The Bertz CT molecular complexity index is 354. The SMILES string of the molecule is CC1CCN(C(=O)OC(C)(C)C)C(CC(O)C(C)(C)C)C1. The lowest BCUT2D eigenvalue weighted by Gasteiger charge is -2.41. The van der Waals surface area contributed by atoms with E-state index in [9.17, 15) is 9.90 Å². The van der Waals surface area contributed by atoms with Crippen molar-refractivity contribution in [2.45, 2.75) is 85.5 Å². The highest BCUT2D eigenvalue weighted by molar-refractivity contribution is 5.68. The van der Waals surface area contributed by atoms with E-state index in [-0.39, 0.29) is 17.6 Å². The number of amides is 1. The molecule has 124 valence electrons. The topological polar surface area (TPSA) is 49.8 Å². The van der Waals surface area contributed by atoms with Gasteiger partial charge in [0.15, 0.2) is 0 Å². The van der Waals surface area contributed by atoms with Gasteiger partial charge in [0, 0.05) is 12.6 Å². The van der Waals surface area contributed by atoms with Gasteiger partial charge in [0.1, 0.15) is 5.60 Å². The minimum atomic E-state index is -0.479. The number of ether oxygens (including phenoxy) is 1. The first-order valence-corrected chi connectivity index (χ1v) is 8.08. The summed E-state index contributed by atoms with van der Waals surface area (Å²) in [5, 5.41) is 10.4. The normalized spacial score (nSPS) is 25.6. The number of hydrogen-bond donors (Lipinski definition) is 1. The quantitative estimate of drug-likeness (QED) is 0.843. The Hall–Kier alpha value is -0.770. The number of rotatable bonds is 2. The van der Waals surface area contributed by atoms with Crippen molar-refractivity contribution < 1.29 is 14.6 Å². The largest absolute Gasteiger partial charge is 0.444 e. The standard InChI is InChI=1S/C17H33NO3/c1-12-8-9-18(15(20)21-17(5,6)7)13(10-12)11-14(19)16(2,3)4/h12-14,19H,8-11H2,1-7H3. The van der Waals surface area contributed by atoms with Gasteiger partial charge < -0.3 is 14.7 Å². The molecule has 0 aromatic heterocycles. The van der Waals surface area contributed by atoms with Gasteiger partial charge in [0.05, 0.1) is 6.10 Å². The van der Waals surface area contributed by atoms with Gasteiger partial charge in [-0.05, 0) is 51.4 Å². The molecule has 0 aromatic rings. The second kappa shape index (κ2) is 6.55. The Balaban J connectivity index is 2.77. The van der Waals surface area contributed by atoms with Gasteiger partial charge in [-0.15, -0.1) is 0 Å². The van der Waals surface area contributed by atoms with Crippen LogP contribution < -0.4 is 0 Å². The van der Waals surface area contributed by atoms with Crippen LogP contribution in [0.1, 0.15) is 67.7 Å². The van der Waals surface area contributed by atoms with E-state index in [2.05, 4.69) is 6.92 Å². The van der Waals surface area contributed by atoms with Gasteiger partial charge in [-0.1, -0.05) is 27.7 Å². The Morgan fingerprint density at radius 1 is 1.29 bits per heavy atom. The van der Waals surface area contributed by atoms with E-state index in [1.165, 1.54) is 0 Å². The Morgan fingerprint density at radius 2 is 1.86 bits per heavy atom. The van der Waals surface area contributed by atoms with Crippen molar-refractivity contribution in [2.24, 2.45) is 11.3 Å². The number of aliphatic hydroxyl groups is 1. The Kier molecular flexibility index (Phi) is 5.70. The predicted molar refractivity (Wildman–Crippen MR) is 85.2 cm³/mol. The summed E-state index contributed by atoms with van der Waals surface area (Å²) >= 11 is 0. The molecule has 0 spiro atoms. The smallest absolute Gasteiger partial charge is 0.410 e. The van der Waals surface area contributed by atoms with Crippen LogP contribution in [0.4, 0.5) is 4.79 Å². The zero-order valence-corrected chi connectivity index (χ0v) is 14.8. The van der Waals surface area contributed by atoms with Crippen molar-refractivity contribution in [3.8, 4) is 0 Å². The van der Waals surface area contributed by atoms with Gasteiger partial charge in [-0.25, -0.2) is 4.79 Å². The minimum absolute atomic E-state index is 0.0674. The molecule has 0 radical (unpaired) electrons. The summed E-state index contributed by atoms with van der Waals surface area (Å²) in [6.45, 7) is 14.7. The van der Waals surface area contributed by atoms with Gasteiger partial charge in [-0.2, -0.15) is 0 Å². The number of aliphatic hydroxyl groups excluding tert-OH is 1. The number of hydrogen-bond acceptors (Lipinski definition) is 3. The van der Waals surface area contributed by atoms with Crippen molar-refractivity contribution in [1.29, 1.82) is 0 Å². The molecule has 1 saturated heterocycles. The molecule has 1 fully saturated rings. The summed E-state index contributed by atoms with van der Waals surface area (Å²) in [6, 6.07) is 0.0674. The van der Waals surface area contributed by atoms with Crippen LogP contribution in [0.5, 0.6) is 0 Å². The van der Waals surface area contributed by atoms with Gasteiger partial charge in [-0.3, -0.25) is 0 Å². The van der Waals surface area contributed by atoms with E-state index in [1.54, 1.807) is 0 Å². The molecule has 1 aliphatic heterocycles. The first-order valence-electron chi connectivity index (χ1n) is 8.08. The molecule has 1 heterocycles. The molecule has 1 amide bonds. The van der Waals surface area contributed by atoms with Crippen molar-refractivity contribution in [3.05, 3.63) is 0 Å². The second-order valence-electron chi connectivity index (χ2n) is 8.57. The van der Waals surface area contributed by atoms with Gasteiger partial charge in [0.2, 0.25) is 0 Å². The van der Waals surface area contributed by atoms with Crippen LogP contribution in [0.25, 0.3) is 0 Å². The van der Waals surface area contributed by atoms with E-state index in [0.717, 1.165) is 19.4 Å². The summed E-state index contributed by atoms with van der Waals surface area (Å²) < 4.78 is 5.52. The van der Waals surface area contributed by atoms with Crippen LogP contribution in [0, 0.1) is 11.3 Å². The molecule has 0 bridgehead atoms. The molecule has 21 heavy (non-hydrogen) atoms. The van der Waals surface area contributed by atoms with E-state index < -0.39 is 11.7 Å². The van der Waals surface area contributed by atoms with Gasteiger partial charge >= 0.3 is 6.09 Å². The molecule has 1 N–H and O–H groups in total. The molecule has 3 atom stereocenters. The van der Waals surface area contributed by atoms with Crippen LogP contribution >= 0.6 is 0 Å². The second-order valence-corrected chi connectivity index (χ2v) is 8.57. The maximum atomic E-state index is 12.4. The molecule has 1 aliphatic rings. The fraction of sp³-hybridized carbons (Fsp3) is 0.941. The third-order valence-electron chi connectivity index (χ3n) is 4.10. The molecule has 0 aliphatic carbocycles. The van der Waals surface area contributed by atoms with Crippen LogP contribution in [-0.4, -0.2) is 40.4 Å². The van der Waals surface area contributed by atoms with Crippen molar-refractivity contribution in [3.63, 3.8) is 0 Å². The highest BCUT2D eigenvalue weighted by Gasteiger charge is 2.36. The molecule has 4 heteroatoms. The monoisotopic (exact) mass is 299 g/mol. The zero-order valence-electron chi connectivity index (χ0n) is 14.8. The summed E-state index contributed by atoms with van der Waals surface area (Å²) in [4.78, 5) is 14.2. The highest BCUT2D eigenvalue weighted by Crippen LogP contribution is 2.31. The fourth-order valence-corrected chi connectivity index (χ4v) is 2.65. The molecule has 1 rings (SSSR count). The average Bonchev–Trinajstić information content (AvgIpc) is 2.24. The molecule has 4 nitrogen and oxygen atoms in total. The zero-order chi connectivity index (χ0) is 16.4.